The molecule has 3 nitrogen and oxygen atoms in total. The zero-order valence-corrected chi connectivity index (χ0v) is 10.9. The molecule has 1 aromatic rings. The summed E-state index contributed by atoms with van der Waals surface area (Å²) >= 11 is 1.58. The second-order valence-electron chi connectivity index (χ2n) is 3.70. The number of hydrogen-bond acceptors (Lipinski definition) is 4. The predicted octanol–water partition coefficient (Wildman–Crippen LogP) is 3.07. The molecule has 0 N–H and O–H groups in total. The number of aryl methyl sites for hydroxylation is 1. The first-order chi connectivity index (χ1) is 7.56. The Morgan fingerprint density at radius 3 is 2.81 bits per heavy atom. The van der Waals surface area contributed by atoms with Gasteiger partial charge in [-0.2, -0.15) is 0 Å². The molecule has 0 radical (unpaired) electrons. The van der Waals surface area contributed by atoms with Crippen molar-refractivity contribution in [3.8, 4) is 0 Å². The summed E-state index contributed by atoms with van der Waals surface area (Å²) in [5.74, 6) is -0.281. The molecule has 0 aliphatic carbocycles. The maximum Gasteiger partial charge on any atom is 0.341 e. The fourth-order valence-electron chi connectivity index (χ4n) is 1.30. The van der Waals surface area contributed by atoms with E-state index in [1.807, 2.05) is 13.0 Å². The number of carbonyl (C=O) groups is 1. The molecular weight excluding hydrogens is 222 g/mol. The Bertz CT molecular complexity index is 377. The number of thioether (sulfide) groups is 1. The van der Waals surface area contributed by atoms with Crippen molar-refractivity contribution in [2.75, 3.05) is 6.61 Å². The van der Waals surface area contributed by atoms with Gasteiger partial charge >= 0.3 is 5.97 Å². The highest BCUT2D eigenvalue weighted by Gasteiger charge is 2.17. The van der Waals surface area contributed by atoms with Crippen molar-refractivity contribution in [3.63, 3.8) is 0 Å². The second kappa shape index (κ2) is 5.89. The van der Waals surface area contributed by atoms with Crippen LogP contribution in [0.25, 0.3) is 0 Å². The van der Waals surface area contributed by atoms with Crippen molar-refractivity contribution in [2.24, 2.45) is 0 Å². The van der Waals surface area contributed by atoms with E-state index in [1.165, 1.54) is 0 Å². The molecule has 0 aromatic carbocycles. The van der Waals surface area contributed by atoms with E-state index in [1.54, 1.807) is 24.9 Å². The molecule has 0 amide bonds. The molecule has 88 valence electrons. The summed E-state index contributed by atoms with van der Waals surface area (Å²) in [7, 11) is 0. The van der Waals surface area contributed by atoms with Gasteiger partial charge in [-0.15, -0.1) is 11.8 Å². The Hall–Kier alpha value is -1.03. The number of esters is 1. The van der Waals surface area contributed by atoms with Crippen LogP contribution in [0.4, 0.5) is 0 Å². The van der Waals surface area contributed by atoms with Crippen LogP contribution in [-0.4, -0.2) is 22.8 Å². The molecule has 0 aliphatic heterocycles. The maximum atomic E-state index is 11.8. The molecule has 0 atom stereocenters. The van der Waals surface area contributed by atoms with Crippen molar-refractivity contribution in [3.05, 3.63) is 23.4 Å². The van der Waals surface area contributed by atoms with Crippen molar-refractivity contribution >= 4 is 17.7 Å². The van der Waals surface area contributed by atoms with E-state index < -0.39 is 0 Å². The SMILES string of the molecule is CCOC(=O)c1c(C)ccnc1SC(C)C. The minimum absolute atomic E-state index is 0.281. The summed E-state index contributed by atoms with van der Waals surface area (Å²) in [6.45, 7) is 8.24. The van der Waals surface area contributed by atoms with Gasteiger partial charge in [0.2, 0.25) is 0 Å². The van der Waals surface area contributed by atoms with Gasteiger partial charge in [0.25, 0.3) is 0 Å². The van der Waals surface area contributed by atoms with Gasteiger partial charge in [-0.3, -0.25) is 0 Å². The minimum atomic E-state index is -0.281. The van der Waals surface area contributed by atoms with Gasteiger partial charge in [-0.05, 0) is 25.5 Å². The molecule has 0 unspecified atom stereocenters. The van der Waals surface area contributed by atoms with Crippen molar-refractivity contribution in [2.45, 2.75) is 38.0 Å². The van der Waals surface area contributed by atoms with Crippen LogP contribution in [0.15, 0.2) is 17.3 Å². The lowest BCUT2D eigenvalue weighted by Gasteiger charge is -2.11. The summed E-state index contributed by atoms with van der Waals surface area (Å²) in [5.41, 5.74) is 1.51. The molecule has 1 heterocycles. The first kappa shape index (κ1) is 13.0. The van der Waals surface area contributed by atoms with Crippen LogP contribution in [-0.2, 0) is 4.74 Å². The smallest absolute Gasteiger partial charge is 0.341 e. The van der Waals surface area contributed by atoms with Gasteiger partial charge in [0, 0.05) is 11.4 Å². The highest BCUT2D eigenvalue weighted by molar-refractivity contribution is 7.99. The van der Waals surface area contributed by atoms with Gasteiger partial charge in [-0.1, -0.05) is 13.8 Å². The zero-order valence-electron chi connectivity index (χ0n) is 10.1. The van der Waals surface area contributed by atoms with Gasteiger partial charge < -0.3 is 4.74 Å². The molecule has 0 aliphatic rings. The number of rotatable bonds is 4. The largest absolute Gasteiger partial charge is 0.462 e. The summed E-state index contributed by atoms with van der Waals surface area (Å²) in [6.07, 6.45) is 1.72. The fourth-order valence-corrected chi connectivity index (χ4v) is 2.23. The van der Waals surface area contributed by atoms with Crippen LogP contribution in [0.1, 0.15) is 36.7 Å². The van der Waals surface area contributed by atoms with Crippen molar-refractivity contribution in [1.29, 1.82) is 0 Å². The highest BCUT2D eigenvalue weighted by atomic mass is 32.2. The molecule has 0 fully saturated rings. The Balaban J connectivity index is 3.07. The van der Waals surface area contributed by atoms with E-state index >= 15 is 0 Å². The molecule has 0 saturated heterocycles. The van der Waals surface area contributed by atoms with Gasteiger partial charge in [0.1, 0.15) is 5.03 Å². The van der Waals surface area contributed by atoms with E-state index in [4.69, 9.17) is 4.74 Å². The molecule has 1 aromatic heterocycles. The lowest BCUT2D eigenvalue weighted by atomic mass is 10.2. The third-order valence-corrected chi connectivity index (χ3v) is 2.96. The van der Waals surface area contributed by atoms with Crippen LogP contribution in [0.3, 0.4) is 0 Å². The predicted molar refractivity (Wildman–Crippen MR) is 65.9 cm³/mol. The number of carbonyl (C=O) groups excluding carboxylic acids is 1. The number of aromatic nitrogens is 1. The van der Waals surface area contributed by atoms with Crippen LogP contribution in [0.2, 0.25) is 0 Å². The first-order valence-corrected chi connectivity index (χ1v) is 6.23. The minimum Gasteiger partial charge on any atom is -0.462 e. The van der Waals surface area contributed by atoms with Crippen LogP contribution >= 0.6 is 11.8 Å². The third kappa shape index (κ3) is 3.23. The van der Waals surface area contributed by atoms with Gasteiger partial charge in [0.15, 0.2) is 0 Å². The lowest BCUT2D eigenvalue weighted by molar-refractivity contribution is 0.0520. The molecule has 1 rings (SSSR count). The standard InChI is InChI=1S/C12H17NO2S/c1-5-15-12(14)10-9(4)6-7-13-11(10)16-8(2)3/h6-8H,5H2,1-4H3. The van der Waals surface area contributed by atoms with Gasteiger partial charge in [0.05, 0.1) is 12.2 Å². The third-order valence-electron chi connectivity index (χ3n) is 1.95. The monoisotopic (exact) mass is 239 g/mol. The summed E-state index contributed by atoms with van der Waals surface area (Å²) in [5, 5.41) is 1.15. The Morgan fingerprint density at radius 1 is 1.56 bits per heavy atom. The van der Waals surface area contributed by atoms with E-state index in [0.29, 0.717) is 17.4 Å². The van der Waals surface area contributed by atoms with E-state index in [-0.39, 0.29) is 5.97 Å². The normalized spacial score (nSPS) is 10.6. The lowest BCUT2D eigenvalue weighted by Crippen LogP contribution is -2.10. The Morgan fingerprint density at radius 2 is 2.25 bits per heavy atom. The molecule has 4 heteroatoms. The molecule has 0 spiro atoms. The molecule has 0 saturated carbocycles. The topological polar surface area (TPSA) is 39.2 Å². The number of nitrogens with zero attached hydrogens (tertiary/aromatic N) is 1. The highest BCUT2D eigenvalue weighted by Crippen LogP contribution is 2.26. The summed E-state index contributed by atoms with van der Waals surface area (Å²) in [4.78, 5) is 16.0. The second-order valence-corrected chi connectivity index (χ2v) is 5.26. The van der Waals surface area contributed by atoms with E-state index in [0.717, 1.165) is 10.6 Å². The number of ether oxygens (including phenoxy) is 1. The van der Waals surface area contributed by atoms with Crippen LogP contribution in [0.5, 0.6) is 0 Å². The van der Waals surface area contributed by atoms with Crippen LogP contribution < -0.4 is 0 Å². The first-order valence-electron chi connectivity index (χ1n) is 5.35. The zero-order chi connectivity index (χ0) is 12.1. The number of hydrogen-bond donors (Lipinski definition) is 0. The maximum absolute atomic E-state index is 11.8. The average Bonchev–Trinajstić information content (AvgIpc) is 2.16. The summed E-state index contributed by atoms with van der Waals surface area (Å²) < 4.78 is 5.04. The quantitative estimate of drug-likeness (QED) is 0.598. The van der Waals surface area contributed by atoms with Crippen molar-refractivity contribution < 1.29 is 9.53 Å². The van der Waals surface area contributed by atoms with Crippen LogP contribution in [0, 0.1) is 6.92 Å². The molecular formula is C12H17NO2S. The molecule has 0 bridgehead atoms. The van der Waals surface area contributed by atoms with E-state index in [9.17, 15) is 4.79 Å². The van der Waals surface area contributed by atoms with Crippen molar-refractivity contribution in [1.82, 2.24) is 4.98 Å². The molecule has 16 heavy (non-hydrogen) atoms. The number of pyridine rings is 1. The van der Waals surface area contributed by atoms with E-state index in [2.05, 4.69) is 18.8 Å². The Kier molecular flexibility index (Phi) is 4.80. The summed E-state index contributed by atoms with van der Waals surface area (Å²) in [6, 6.07) is 1.83. The fraction of sp³-hybridized carbons (Fsp3) is 0.500. The average molecular weight is 239 g/mol. The Labute approximate surface area is 101 Å². The van der Waals surface area contributed by atoms with Gasteiger partial charge in [-0.25, -0.2) is 9.78 Å².